The van der Waals surface area contributed by atoms with Gasteiger partial charge in [0.25, 0.3) is 0 Å². The fourth-order valence-electron chi connectivity index (χ4n) is 4.09. The number of carbonyl (C=O) groups excluding carboxylic acids is 1. The zero-order chi connectivity index (χ0) is 24.7. The van der Waals surface area contributed by atoms with Gasteiger partial charge >= 0.3 is 0 Å². The van der Waals surface area contributed by atoms with E-state index in [1.807, 2.05) is 31.2 Å². The Hall–Kier alpha value is -3.95. The van der Waals surface area contributed by atoms with E-state index in [-0.39, 0.29) is 0 Å². The number of hydrogen-bond acceptors (Lipinski definition) is 8. The summed E-state index contributed by atoms with van der Waals surface area (Å²) in [5.74, 6) is 1.21. The predicted molar refractivity (Wildman–Crippen MR) is 142 cm³/mol. The van der Waals surface area contributed by atoms with Crippen molar-refractivity contribution >= 4 is 35.3 Å². The second-order valence-corrected chi connectivity index (χ2v) is 9.36. The van der Waals surface area contributed by atoms with E-state index in [0.29, 0.717) is 18.1 Å². The average molecular weight is 499 g/mol. The molecule has 0 aliphatic carbocycles. The molecule has 1 saturated heterocycles. The fourth-order valence-corrected chi connectivity index (χ4v) is 5.09. The summed E-state index contributed by atoms with van der Waals surface area (Å²) in [7, 11) is 0. The van der Waals surface area contributed by atoms with Gasteiger partial charge in [0.05, 0.1) is 16.4 Å². The molecule has 0 atom stereocenters. The van der Waals surface area contributed by atoms with E-state index < -0.39 is 0 Å². The van der Waals surface area contributed by atoms with Crippen molar-refractivity contribution in [2.45, 2.75) is 25.7 Å². The highest BCUT2D eigenvalue weighted by molar-refractivity contribution is 7.10. The van der Waals surface area contributed by atoms with Gasteiger partial charge in [-0.3, -0.25) is 4.79 Å². The third kappa shape index (κ3) is 5.48. The van der Waals surface area contributed by atoms with Crippen LogP contribution in [0.15, 0.2) is 60.6 Å². The topological polar surface area (TPSA) is 102 Å². The van der Waals surface area contributed by atoms with Gasteiger partial charge < -0.3 is 15.4 Å². The van der Waals surface area contributed by atoms with Gasteiger partial charge in [-0.25, -0.2) is 19.9 Å². The SMILES string of the molecule is Cc1c(/C=C\NC=O)cc(-c2cncnc2)nc1Nc1ccc(-c2csc(C3CCOCC3)n2)cc1. The number of rotatable bonds is 8. The number of amides is 1. The van der Waals surface area contributed by atoms with E-state index in [1.165, 1.54) is 11.3 Å². The fraction of sp³-hybridized carbons (Fsp3) is 0.222. The van der Waals surface area contributed by atoms with Crippen LogP contribution >= 0.6 is 11.3 Å². The minimum Gasteiger partial charge on any atom is -0.381 e. The molecule has 5 rings (SSSR count). The standard InChI is InChI=1S/C27H26N6O2S/c1-18-21(6-9-28-17-34)12-24(22-13-29-16-30-14-22)32-26(18)31-23-4-2-19(3-5-23)25-15-36-27(33-25)20-7-10-35-11-8-20/h2-6,9,12-17,20H,7-8,10-11H2,1H3,(H,28,34)(H,31,32)/b9-6-. The number of aromatic nitrogens is 4. The number of benzene rings is 1. The largest absolute Gasteiger partial charge is 0.381 e. The van der Waals surface area contributed by atoms with Crippen LogP contribution in [0, 0.1) is 6.92 Å². The Morgan fingerprint density at radius 1 is 1.03 bits per heavy atom. The molecule has 1 aromatic carbocycles. The first-order chi connectivity index (χ1) is 17.7. The molecule has 0 unspecified atom stereocenters. The number of nitrogens with zero attached hydrogens (tertiary/aromatic N) is 4. The molecule has 3 aromatic heterocycles. The van der Waals surface area contributed by atoms with Crippen LogP contribution in [0.1, 0.15) is 34.9 Å². The Kier molecular flexibility index (Phi) is 7.39. The third-order valence-corrected chi connectivity index (χ3v) is 7.14. The van der Waals surface area contributed by atoms with E-state index in [0.717, 1.165) is 65.4 Å². The number of thiazole rings is 1. The Morgan fingerprint density at radius 3 is 2.56 bits per heavy atom. The Labute approximate surface area is 213 Å². The lowest BCUT2D eigenvalue weighted by molar-refractivity contribution is -0.108. The van der Waals surface area contributed by atoms with Gasteiger partial charge in [0.15, 0.2) is 0 Å². The summed E-state index contributed by atoms with van der Waals surface area (Å²) >= 11 is 1.73. The molecule has 0 radical (unpaired) electrons. The molecule has 0 bridgehead atoms. The van der Waals surface area contributed by atoms with Crippen molar-refractivity contribution in [3.05, 3.63) is 76.8 Å². The van der Waals surface area contributed by atoms with Gasteiger partial charge in [-0.1, -0.05) is 12.1 Å². The minimum atomic E-state index is 0.500. The highest BCUT2D eigenvalue weighted by atomic mass is 32.1. The molecule has 0 spiro atoms. The number of nitrogens with one attached hydrogen (secondary N) is 2. The molecule has 1 aliphatic rings. The molecule has 4 aromatic rings. The van der Waals surface area contributed by atoms with E-state index in [1.54, 1.807) is 29.9 Å². The summed E-state index contributed by atoms with van der Waals surface area (Å²) in [6.45, 7) is 3.62. The zero-order valence-electron chi connectivity index (χ0n) is 19.8. The van der Waals surface area contributed by atoms with Crippen LogP contribution in [0.5, 0.6) is 0 Å². The van der Waals surface area contributed by atoms with Crippen molar-refractivity contribution in [1.29, 1.82) is 0 Å². The summed E-state index contributed by atoms with van der Waals surface area (Å²) in [4.78, 5) is 28.6. The van der Waals surface area contributed by atoms with Gasteiger partial charge in [-0.2, -0.15) is 0 Å². The first kappa shape index (κ1) is 23.8. The minimum absolute atomic E-state index is 0.500. The predicted octanol–water partition coefficient (Wildman–Crippen LogP) is 5.32. The second-order valence-electron chi connectivity index (χ2n) is 8.48. The monoisotopic (exact) mass is 498 g/mol. The molecular formula is C27H26N6O2S. The number of hydrogen-bond donors (Lipinski definition) is 2. The maximum absolute atomic E-state index is 10.7. The maximum atomic E-state index is 10.7. The van der Waals surface area contributed by atoms with E-state index in [9.17, 15) is 4.79 Å². The number of carbonyl (C=O) groups is 1. The molecule has 4 heterocycles. The van der Waals surface area contributed by atoms with Crippen LogP contribution in [0.4, 0.5) is 11.5 Å². The lowest BCUT2D eigenvalue weighted by Crippen LogP contribution is -2.13. The molecule has 182 valence electrons. The summed E-state index contributed by atoms with van der Waals surface area (Å²) in [5.41, 5.74) is 6.40. The summed E-state index contributed by atoms with van der Waals surface area (Å²) in [6.07, 6.45) is 11.1. The number of anilines is 2. The van der Waals surface area contributed by atoms with Crippen LogP contribution in [-0.2, 0) is 9.53 Å². The van der Waals surface area contributed by atoms with Crippen molar-refractivity contribution in [1.82, 2.24) is 25.3 Å². The third-order valence-electron chi connectivity index (χ3n) is 6.13. The summed E-state index contributed by atoms with van der Waals surface area (Å²) in [6, 6.07) is 10.2. The van der Waals surface area contributed by atoms with Crippen LogP contribution in [0.3, 0.4) is 0 Å². The van der Waals surface area contributed by atoms with Crippen LogP contribution in [0.25, 0.3) is 28.6 Å². The van der Waals surface area contributed by atoms with Gasteiger partial charge in [0.2, 0.25) is 6.41 Å². The molecule has 2 N–H and O–H groups in total. The van der Waals surface area contributed by atoms with Crippen LogP contribution in [-0.4, -0.2) is 39.6 Å². The first-order valence-electron chi connectivity index (χ1n) is 11.7. The van der Waals surface area contributed by atoms with Crippen molar-refractivity contribution < 1.29 is 9.53 Å². The van der Waals surface area contributed by atoms with Gasteiger partial charge in [-0.15, -0.1) is 11.3 Å². The quantitative estimate of drug-likeness (QED) is 0.317. The Balaban J connectivity index is 1.39. The van der Waals surface area contributed by atoms with Crippen molar-refractivity contribution in [3.8, 4) is 22.5 Å². The molecule has 1 amide bonds. The summed E-state index contributed by atoms with van der Waals surface area (Å²) in [5, 5.41) is 9.33. The van der Waals surface area contributed by atoms with Gasteiger partial charge in [-0.05, 0) is 55.2 Å². The van der Waals surface area contributed by atoms with Crippen LogP contribution < -0.4 is 10.6 Å². The maximum Gasteiger partial charge on any atom is 0.211 e. The smallest absolute Gasteiger partial charge is 0.211 e. The Bertz CT molecular complexity index is 1350. The number of ether oxygens (including phenoxy) is 1. The average Bonchev–Trinajstić information content (AvgIpc) is 3.43. The molecule has 0 saturated carbocycles. The van der Waals surface area contributed by atoms with Crippen molar-refractivity contribution in [2.24, 2.45) is 0 Å². The van der Waals surface area contributed by atoms with Crippen LogP contribution in [0.2, 0.25) is 0 Å². The lowest BCUT2D eigenvalue weighted by Gasteiger charge is -2.19. The van der Waals surface area contributed by atoms with Crippen molar-refractivity contribution in [2.75, 3.05) is 18.5 Å². The molecule has 1 fully saturated rings. The molecular weight excluding hydrogens is 472 g/mol. The molecule has 8 nitrogen and oxygen atoms in total. The number of pyridine rings is 1. The van der Waals surface area contributed by atoms with Gasteiger partial charge in [0, 0.05) is 59.9 Å². The Morgan fingerprint density at radius 2 is 1.81 bits per heavy atom. The first-order valence-corrected chi connectivity index (χ1v) is 12.6. The highest BCUT2D eigenvalue weighted by Gasteiger charge is 2.19. The van der Waals surface area contributed by atoms with E-state index >= 15 is 0 Å². The molecule has 9 heteroatoms. The van der Waals surface area contributed by atoms with E-state index in [2.05, 4.69) is 38.1 Å². The van der Waals surface area contributed by atoms with Gasteiger partial charge in [0.1, 0.15) is 12.1 Å². The van der Waals surface area contributed by atoms with Crippen molar-refractivity contribution in [3.63, 3.8) is 0 Å². The lowest BCUT2D eigenvalue weighted by atomic mass is 10.0. The summed E-state index contributed by atoms with van der Waals surface area (Å²) < 4.78 is 5.49. The van der Waals surface area contributed by atoms with E-state index in [4.69, 9.17) is 14.7 Å². The molecule has 1 aliphatic heterocycles. The molecule has 36 heavy (non-hydrogen) atoms. The normalized spacial score (nSPS) is 14.1. The highest BCUT2D eigenvalue weighted by Crippen LogP contribution is 2.33. The zero-order valence-corrected chi connectivity index (χ0v) is 20.7. The second kappa shape index (κ2) is 11.2.